The van der Waals surface area contributed by atoms with Gasteiger partial charge in [0.15, 0.2) is 0 Å². The zero-order chi connectivity index (χ0) is 16.1. The van der Waals surface area contributed by atoms with Crippen molar-refractivity contribution in [1.82, 2.24) is 10.6 Å². The Morgan fingerprint density at radius 2 is 1.45 bits per heavy atom. The molecule has 2 amide bonds. The highest BCUT2D eigenvalue weighted by molar-refractivity contribution is 5.88. The fourth-order valence-corrected chi connectivity index (χ4v) is 5.21. The fraction of sp³-hybridized carbons (Fsp3) is 0.889. The zero-order valence-electron chi connectivity index (χ0n) is 14.3. The van der Waals surface area contributed by atoms with E-state index in [-0.39, 0.29) is 23.3 Å². The molecule has 1 atom stereocenters. The van der Waals surface area contributed by atoms with Crippen LogP contribution in [0.1, 0.15) is 59.8 Å². The van der Waals surface area contributed by atoms with Crippen LogP contribution in [0.5, 0.6) is 0 Å². The van der Waals surface area contributed by atoms with E-state index in [2.05, 4.69) is 10.6 Å². The van der Waals surface area contributed by atoms with Gasteiger partial charge in [-0.2, -0.15) is 0 Å². The van der Waals surface area contributed by atoms with Crippen LogP contribution in [0.2, 0.25) is 0 Å². The monoisotopic (exact) mass is 306 g/mol. The van der Waals surface area contributed by atoms with Crippen LogP contribution >= 0.6 is 0 Å². The molecule has 4 rings (SSSR count). The van der Waals surface area contributed by atoms with Crippen molar-refractivity contribution in [2.45, 2.75) is 71.4 Å². The van der Waals surface area contributed by atoms with Crippen LogP contribution in [0.4, 0.5) is 0 Å². The maximum Gasteiger partial charge on any atom is 0.242 e. The third-order valence-corrected chi connectivity index (χ3v) is 5.78. The van der Waals surface area contributed by atoms with Crippen LogP contribution in [-0.4, -0.2) is 23.4 Å². The van der Waals surface area contributed by atoms with Gasteiger partial charge in [0.2, 0.25) is 11.8 Å². The number of hydrogen-bond donors (Lipinski definition) is 2. The van der Waals surface area contributed by atoms with E-state index < -0.39 is 6.04 Å². The van der Waals surface area contributed by atoms with E-state index in [0.29, 0.717) is 11.8 Å². The van der Waals surface area contributed by atoms with Gasteiger partial charge in [-0.05, 0) is 83.5 Å². The highest BCUT2D eigenvalue weighted by atomic mass is 16.2. The smallest absolute Gasteiger partial charge is 0.242 e. The van der Waals surface area contributed by atoms with E-state index >= 15 is 0 Å². The minimum absolute atomic E-state index is 0.0929. The number of hydrogen-bond acceptors (Lipinski definition) is 2. The molecule has 4 heteroatoms. The molecule has 0 radical (unpaired) electrons. The van der Waals surface area contributed by atoms with Crippen molar-refractivity contribution in [1.29, 1.82) is 0 Å². The van der Waals surface area contributed by atoms with Crippen LogP contribution in [0, 0.1) is 29.6 Å². The Balaban J connectivity index is 1.59. The Hall–Kier alpha value is -1.06. The summed E-state index contributed by atoms with van der Waals surface area (Å²) in [6.45, 7) is 7.65. The Morgan fingerprint density at radius 1 is 0.955 bits per heavy atom. The summed E-state index contributed by atoms with van der Waals surface area (Å²) >= 11 is 0. The Labute approximate surface area is 133 Å². The first kappa shape index (κ1) is 15.8. The predicted octanol–water partition coefficient (Wildman–Crippen LogP) is 2.48. The van der Waals surface area contributed by atoms with Gasteiger partial charge in [-0.3, -0.25) is 9.59 Å². The van der Waals surface area contributed by atoms with Crippen LogP contribution in [0.15, 0.2) is 0 Å². The topological polar surface area (TPSA) is 58.2 Å². The third-order valence-electron chi connectivity index (χ3n) is 5.78. The van der Waals surface area contributed by atoms with E-state index in [1.807, 2.05) is 20.8 Å². The Morgan fingerprint density at radius 3 is 1.91 bits per heavy atom. The molecular weight excluding hydrogens is 276 g/mol. The van der Waals surface area contributed by atoms with Gasteiger partial charge in [-0.1, -0.05) is 0 Å². The summed E-state index contributed by atoms with van der Waals surface area (Å²) in [5.74, 6) is 3.04. The largest absolute Gasteiger partial charge is 0.350 e. The maximum atomic E-state index is 12.7. The molecule has 4 saturated carbocycles. The lowest BCUT2D eigenvalue weighted by Gasteiger charge is -2.53. The molecule has 0 spiro atoms. The van der Waals surface area contributed by atoms with Gasteiger partial charge in [0, 0.05) is 11.5 Å². The van der Waals surface area contributed by atoms with Gasteiger partial charge in [0.1, 0.15) is 6.04 Å². The summed E-state index contributed by atoms with van der Waals surface area (Å²) in [6.07, 6.45) is 6.31. The van der Waals surface area contributed by atoms with Crippen molar-refractivity contribution in [2.75, 3.05) is 0 Å². The first-order valence-corrected chi connectivity index (χ1v) is 8.85. The average Bonchev–Trinajstić information content (AvgIpc) is 2.34. The van der Waals surface area contributed by atoms with E-state index in [4.69, 9.17) is 0 Å². The highest BCUT2D eigenvalue weighted by Crippen LogP contribution is 2.56. The minimum Gasteiger partial charge on any atom is -0.350 e. The molecule has 4 aliphatic rings. The van der Waals surface area contributed by atoms with Gasteiger partial charge in [0.25, 0.3) is 0 Å². The summed E-state index contributed by atoms with van der Waals surface area (Å²) in [7, 11) is 0. The molecule has 0 heterocycles. The van der Waals surface area contributed by atoms with Crippen molar-refractivity contribution in [3.63, 3.8) is 0 Å². The average molecular weight is 306 g/mol. The molecule has 22 heavy (non-hydrogen) atoms. The van der Waals surface area contributed by atoms with Crippen LogP contribution < -0.4 is 10.6 Å². The van der Waals surface area contributed by atoms with Gasteiger partial charge >= 0.3 is 0 Å². The Bertz CT molecular complexity index is 438. The zero-order valence-corrected chi connectivity index (χ0v) is 14.3. The second-order valence-corrected chi connectivity index (χ2v) is 8.93. The predicted molar refractivity (Wildman–Crippen MR) is 86.0 cm³/mol. The number of nitrogens with one attached hydrogen (secondary N) is 2. The van der Waals surface area contributed by atoms with E-state index in [9.17, 15) is 9.59 Å². The lowest BCUT2D eigenvalue weighted by Crippen LogP contribution is -2.55. The molecule has 4 bridgehead atoms. The van der Waals surface area contributed by atoms with Gasteiger partial charge in [-0.25, -0.2) is 0 Å². The van der Waals surface area contributed by atoms with Gasteiger partial charge in [0.05, 0.1) is 0 Å². The van der Waals surface area contributed by atoms with Crippen molar-refractivity contribution < 1.29 is 9.59 Å². The van der Waals surface area contributed by atoms with Gasteiger partial charge < -0.3 is 10.6 Å². The van der Waals surface area contributed by atoms with Crippen molar-refractivity contribution in [3.05, 3.63) is 0 Å². The summed E-state index contributed by atoms with van der Waals surface area (Å²) < 4.78 is 0. The van der Waals surface area contributed by atoms with Crippen LogP contribution in [0.3, 0.4) is 0 Å². The molecular formula is C18H30N2O2. The summed E-state index contributed by atoms with van der Waals surface area (Å²) in [4.78, 5) is 24.9. The SMILES string of the molecule is C[C@H](NC(=O)C1C2CC3CC(C2)CC1C3)C(=O)NC(C)(C)C. The molecule has 124 valence electrons. The second kappa shape index (κ2) is 5.54. The van der Waals surface area contributed by atoms with Crippen LogP contribution in [0.25, 0.3) is 0 Å². The highest BCUT2D eigenvalue weighted by Gasteiger charge is 2.50. The lowest BCUT2D eigenvalue weighted by atomic mass is 9.51. The Kier molecular flexibility index (Phi) is 3.98. The molecule has 0 unspecified atom stereocenters. The molecule has 4 fully saturated rings. The van der Waals surface area contributed by atoms with E-state index in [0.717, 1.165) is 11.8 Å². The molecule has 0 aromatic rings. The quantitative estimate of drug-likeness (QED) is 0.841. The van der Waals surface area contributed by atoms with Crippen LogP contribution in [-0.2, 0) is 9.59 Å². The second-order valence-electron chi connectivity index (χ2n) is 8.93. The van der Waals surface area contributed by atoms with Gasteiger partial charge in [-0.15, -0.1) is 0 Å². The summed E-state index contributed by atoms with van der Waals surface area (Å²) in [5, 5.41) is 5.92. The number of rotatable bonds is 3. The fourth-order valence-electron chi connectivity index (χ4n) is 5.21. The minimum atomic E-state index is -0.455. The molecule has 0 aromatic carbocycles. The molecule has 2 N–H and O–H groups in total. The van der Waals surface area contributed by atoms with Crippen molar-refractivity contribution >= 4 is 11.8 Å². The van der Waals surface area contributed by atoms with E-state index in [1.54, 1.807) is 6.92 Å². The van der Waals surface area contributed by atoms with E-state index in [1.165, 1.54) is 32.1 Å². The van der Waals surface area contributed by atoms with Crippen molar-refractivity contribution in [2.24, 2.45) is 29.6 Å². The standard InChI is InChI=1S/C18H30N2O2/c1-10(16(21)20-18(2,3)4)19-17(22)15-13-6-11-5-12(8-13)9-14(15)7-11/h10-15H,5-9H2,1-4H3,(H,19,22)(H,20,21)/t10-,11?,12?,13?,14?,15?/m0/s1. The first-order valence-electron chi connectivity index (χ1n) is 8.85. The molecule has 0 aromatic heterocycles. The number of carbonyl (C=O) groups excluding carboxylic acids is 2. The normalized spacial score (nSPS) is 37.7. The molecule has 4 nitrogen and oxygen atoms in total. The number of carbonyl (C=O) groups is 2. The molecule has 0 saturated heterocycles. The number of amides is 2. The lowest BCUT2D eigenvalue weighted by molar-refractivity contribution is -0.141. The molecule has 0 aliphatic heterocycles. The van der Waals surface area contributed by atoms with Crippen molar-refractivity contribution in [3.8, 4) is 0 Å². The third kappa shape index (κ3) is 3.16. The summed E-state index contributed by atoms with van der Waals surface area (Å²) in [6, 6.07) is -0.455. The summed E-state index contributed by atoms with van der Waals surface area (Å²) in [5.41, 5.74) is -0.265. The molecule has 4 aliphatic carbocycles. The maximum absolute atomic E-state index is 12.7. The first-order chi connectivity index (χ1) is 10.2.